The number of rotatable bonds is 16. The molecule has 1 aliphatic carbocycles. The first-order valence-electron chi connectivity index (χ1n) is 20.4. The lowest BCUT2D eigenvalue weighted by Gasteiger charge is -2.42. The molecule has 0 bridgehead atoms. The molecule has 318 valence electrons. The summed E-state index contributed by atoms with van der Waals surface area (Å²) in [6.07, 6.45) is 1.72. The van der Waals surface area contributed by atoms with Gasteiger partial charge in [0.15, 0.2) is 0 Å². The molecule has 6 N–H and O–H groups in total. The van der Waals surface area contributed by atoms with Crippen LogP contribution in [0.2, 0.25) is 0 Å². The molecule has 1 fully saturated rings. The summed E-state index contributed by atoms with van der Waals surface area (Å²) in [6.45, 7) is 7.99. The summed E-state index contributed by atoms with van der Waals surface area (Å²) >= 11 is 0. The van der Waals surface area contributed by atoms with E-state index in [1.807, 2.05) is 98.6 Å². The molecule has 1 unspecified atom stereocenters. The summed E-state index contributed by atoms with van der Waals surface area (Å²) in [5, 5.41) is 26.5. The molecule has 14 nitrogen and oxygen atoms in total. The molecule has 60 heavy (non-hydrogen) atoms. The number of nitrogens with one attached hydrogen (secondary N) is 2. The van der Waals surface area contributed by atoms with E-state index in [2.05, 4.69) is 20.5 Å². The number of carboxylic acid groups (broad SMARTS) is 1. The van der Waals surface area contributed by atoms with Gasteiger partial charge in [0.2, 0.25) is 11.8 Å². The van der Waals surface area contributed by atoms with Gasteiger partial charge in [-0.2, -0.15) is 0 Å². The van der Waals surface area contributed by atoms with Gasteiger partial charge < -0.3 is 36.1 Å². The Labute approximate surface area is 351 Å². The molecule has 14 heteroatoms. The number of carbonyl (C=O) groups is 4. The second kappa shape index (κ2) is 20.1. The summed E-state index contributed by atoms with van der Waals surface area (Å²) in [4.78, 5) is 61.9. The Hall–Kier alpha value is -5.67. The highest BCUT2D eigenvalue weighted by molar-refractivity contribution is 5.83. The molecule has 1 aliphatic heterocycles. The summed E-state index contributed by atoms with van der Waals surface area (Å²) in [7, 11) is 0. The molecule has 0 spiro atoms. The highest BCUT2D eigenvalue weighted by Gasteiger charge is 2.39. The van der Waals surface area contributed by atoms with E-state index in [0.717, 1.165) is 22.3 Å². The fraction of sp³-hybridized carbons (Fsp3) is 0.413. The number of aliphatic hydroxyl groups is 1. The smallest absolute Gasteiger partial charge is 0.480 e. The average Bonchev–Trinajstić information content (AvgIpc) is 3.52. The maximum absolute atomic E-state index is 14.4. The molecule has 1 aromatic heterocycles. The zero-order valence-corrected chi connectivity index (χ0v) is 34.4. The predicted octanol–water partition coefficient (Wildman–Crippen LogP) is 4.04. The summed E-state index contributed by atoms with van der Waals surface area (Å²) < 4.78 is 11.7. The number of nitrogens with zero attached hydrogens (tertiary/aromatic N) is 3. The second-order valence-corrected chi connectivity index (χ2v) is 16.8. The van der Waals surface area contributed by atoms with Crippen LogP contribution in [0.1, 0.15) is 61.1 Å². The quantitative estimate of drug-likeness (QED) is 0.0805. The number of carbonyl (C=O) groups excluding carboxylic acids is 3. The van der Waals surface area contributed by atoms with Crippen LogP contribution < -0.4 is 21.1 Å². The summed E-state index contributed by atoms with van der Waals surface area (Å²) in [5.41, 5.74) is 9.60. The van der Waals surface area contributed by atoms with Crippen LogP contribution in [-0.4, -0.2) is 105 Å². The van der Waals surface area contributed by atoms with E-state index in [-0.39, 0.29) is 37.0 Å². The van der Waals surface area contributed by atoms with Crippen LogP contribution >= 0.6 is 0 Å². The Morgan fingerprint density at radius 2 is 1.60 bits per heavy atom. The number of aliphatic carboxylic acids is 1. The number of piperazine rings is 1. The van der Waals surface area contributed by atoms with Crippen molar-refractivity contribution in [3.63, 3.8) is 0 Å². The van der Waals surface area contributed by atoms with Crippen LogP contribution in [0.3, 0.4) is 0 Å². The molecule has 0 radical (unpaired) electrons. The third-order valence-corrected chi connectivity index (χ3v) is 10.8. The summed E-state index contributed by atoms with van der Waals surface area (Å²) in [6, 6.07) is 25.1. The van der Waals surface area contributed by atoms with Crippen LogP contribution in [0.25, 0.3) is 0 Å². The monoisotopic (exact) mass is 820 g/mol. The van der Waals surface area contributed by atoms with Gasteiger partial charge in [0.1, 0.15) is 23.9 Å². The van der Waals surface area contributed by atoms with Crippen molar-refractivity contribution in [2.45, 2.75) is 88.9 Å². The van der Waals surface area contributed by atoms with E-state index in [9.17, 15) is 29.4 Å². The number of nitrogens with two attached hydrogens (primary N) is 1. The lowest BCUT2D eigenvalue weighted by Crippen LogP contribution is -2.62. The number of aliphatic hydroxyl groups excluding tert-OH is 1. The van der Waals surface area contributed by atoms with Gasteiger partial charge in [-0.15, -0.1) is 0 Å². The van der Waals surface area contributed by atoms with Gasteiger partial charge in [-0.05, 0) is 86.1 Å². The van der Waals surface area contributed by atoms with Crippen LogP contribution in [0.5, 0.6) is 5.75 Å². The Morgan fingerprint density at radius 1 is 0.900 bits per heavy atom. The number of hydrogen-bond donors (Lipinski definition) is 5. The first kappa shape index (κ1) is 43.9. The molecular weight excluding hydrogens is 765 g/mol. The zero-order chi connectivity index (χ0) is 42.8. The van der Waals surface area contributed by atoms with Crippen molar-refractivity contribution in [2.24, 2.45) is 11.7 Å². The lowest BCUT2D eigenvalue weighted by atomic mass is 9.91. The Bertz CT molecular complexity index is 2060. The van der Waals surface area contributed by atoms with Crippen molar-refractivity contribution in [3.8, 4) is 5.75 Å². The molecule has 6 atom stereocenters. The van der Waals surface area contributed by atoms with Crippen LogP contribution in [-0.2, 0) is 44.9 Å². The van der Waals surface area contributed by atoms with Gasteiger partial charge >= 0.3 is 12.1 Å². The molecule has 3 aromatic carbocycles. The second-order valence-electron chi connectivity index (χ2n) is 16.8. The molecule has 6 rings (SSSR count). The third kappa shape index (κ3) is 12.4. The van der Waals surface area contributed by atoms with Crippen molar-refractivity contribution in [2.75, 3.05) is 26.2 Å². The number of pyridine rings is 1. The molecule has 0 saturated carbocycles. The van der Waals surface area contributed by atoms with E-state index in [1.165, 1.54) is 12.1 Å². The first-order chi connectivity index (χ1) is 28.7. The highest BCUT2D eigenvalue weighted by Crippen LogP contribution is 2.32. The largest absolute Gasteiger partial charge is 0.514 e. The normalized spacial score (nSPS) is 19.6. The van der Waals surface area contributed by atoms with E-state index in [1.54, 1.807) is 18.3 Å². The minimum absolute atomic E-state index is 0.0792. The molecule has 1 saturated heterocycles. The molecule has 2 heterocycles. The van der Waals surface area contributed by atoms with Crippen molar-refractivity contribution in [1.29, 1.82) is 0 Å². The average molecular weight is 821 g/mol. The third-order valence-electron chi connectivity index (χ3n) is 10.8. The Balaban J connectivity index is 1.26. The number of amides is 2. The summed E-state index contributed by atoms with van der Waals surface area (Å²) in [5.74, 6) is -2.14. The minimum atomic E-state index is -1.12. The molecule has 2 aliphatic rings. The SMILES string of the molecule is CC(C)(C)NC(=O)[C@@H]1CN(Cc2cccnc2)CCN1C[C@H](C[C@@H](Cc1ccccc1)C(=O)N[C@H]1c2ccccc2C[C@H]1O)OC(=O)Oc1ccc(CC(N)C(=O)O)cc1. The maximum Gasteiger partial charge on any atom is 0.514 e. The predicted molar refractivity (Wildman–Crippen MR) is 225 cm³/mol. The zero-order valence-electron chi connectivity index (χ0n) is 34.4. The minimum Gasteiger partial charge on any atom is -0.480 e. The van der Waals surface area contributed by atoms with Gasteiger partial charge in [0, 0.05) is 63.0 Å². The van der Waals surface area contributed by atoms with Crippen molar-refractivity contribution >= 4 is 23.9 Å². The number of carboxylic acids is 1. The van der Waals surface area contributed by atoms with Crippen molar-refractivity contribution in [3.05, 3.63) is 131 Å². The number of fused-ring (bicyclic) bond motifs is 1. The lowest BCUT2D eigenvalue weighted by molar-refractivity contribution is -0.138. The highest BCUT2D eigenvalue weighted by atomic mass is 16.7. The van der Waals surface area contributed by atoms with E-state index >= 15 is 0 Å². The fourth-order valence-electron chi connectivity index (χ4n) is 7.92. The van der Waals surface area contributed by atoms with Gasteiger partial charge in [-0.3, -0.25) is 29.2 Å². The van der Waals surface area contributed by atoms with Crippen LogP contribution in [0.4, 0.5) is 4.79 Å². The van der Waals surface area contributed by atoms with Gasteiger partial charge in [0.25, 0.3) is 0 Å². The van der Waals surface area contributed by atoms with Crippen molar-refractivity contribution < 1.29 is 38.9 Å². The van der Waals surface area contributed by atoms with Crippen LogP contribution in [0.15, 0.2) is 103 Å². The van der Waals surface area contributed by atoms with Gasteiger partial charge in [-0.1, -0.05) is 72.8 Å². The Kier molecular flexibility index (Phi) is 14.7. The number of aromatic nitrogens is 1. The molecular formula is C46H56N6O8. The fourth-order valence-corrected chi connectivity index (χ4v) is 7.92. The number of hydrogen-bond acceptors (Lipinski definition) is 11. The Morgan fingerprint density at radius 3 is 2.30 bits per heavy atom. The van der Waals surface area contributed by atoms with E-state index in [0.29, 0.717) is 44.6 Å². The van der Waals surface area contributed by atoms with Crippen LogP contribution in [0, 0.1) is 5.92 Å². The molecule has 2 amide bonds. The van der Waals surface area contributed by atoms with Gasteiger partial charge in [-0.25, -0.2) is 4.79 Å². The number of benzene rings is 3. The first-order valence-corrected chi connectivity index (χ1v) is 20.4. The standard InChI is InChI=1S/C46H56N6O8/c1-46(2,3)50-43(55)39-29-51(27-32-12-9-19-48-26-32)20-21-52(39)28-36(60-45(58)59-35-17-15-31(16-18-35)23-38(47)44(56)57)24-34(22-30-10-5-4-6-11-30)42(54)49-41-37-14-8-7-13-33(37)25-40(41)53/h4-19,26,34,36,38-41,53H,20-25,27-29,47H2,1-3H3,(H,49,54)(H,50,55)(H,56,57)/t34-,36+,38?,39+,40-,41+/m1/s1. The molecule has 4 aromatic rings. The van der Waals surface area contributed by atoms with Crippen molar-refractivity contribution in [1.82, 2.24) is 25.4 Å². The van der Waals surface area contributed by atoms with E-state index < -0.39 is 53.9 Å². The van der Waals surface area contributed by atoms with Gasteiger partial charge in [0.05, 0.1) is 12.1 Å². The maximum atomic E-state index is 14.4. The topological polar surface area (TPSA) is 197 Å². The van der Waals surface area contributed by atoms with E-state index in [4.69, 9.17) is 15.2 Å². The number of ether oxygens (including phenoxy) is 2.